The van der Waals surface area contributed by atoms with Gasteiger partial charge in [-0.2, -0.15) is 0 Å². The van der Waals surface area contributed by atoms with Crippen molar-refractivity contribution in [2.75, 3.05) is 13.1 Å². The second-order valence-corrected chi connectivity index (χ2v) is 3.59. The Labute approximate surface area is 67.4 Å². The molecule has 0 saturated carbocycles. The van der Waals surface area contributed by atoms with E-state index < -0.39 is 11.2 Å². The van der Waals surface area contributed by atoms with Crippen LogP contribution >= 0.6 is 0 Å². The van der Waals surface area contributed by atoms with Gasteiger partial charge in [0.25, 0.3) is 0 Å². The molecule has 2 atom stereocenters. The van der Waals surface area contributed by atoms with E-state index in [1.807, 2.05) is 6.92 Å². The maximum Gasteiger partial charge on any atom is 0.103 e. The largest absolute Gasteiger partial charge is 0.387 e. The van der Waals surface area contributed by atoms with Crippen LogP contribution in [0.4, 0.5) is 0 Å². The van der Waals surface area contributed by atoms with E-state index in [1.165, 1.54) is 0 Å². The van der Waals surface area contributed by atoms with E-state index in [2.05, 4.69) is 5.32 Å². The fourth-order valence-electron chi connectivity index (χ4n) is 1.62. The Balaban J connectivity index is 2.74. The van der Waals surface area contributed by atoms with Gasteiger partial charge in [0.15, 0.2) is 0 Å². The highest BCUT2D eigenvalue weighted by Crippen LogP contribution is 2.30. The molecule has 1 aliphatic rings. The van der Waals surface area contributed by atoms with Gasteiger partial charge in [0, 0.05) is 6.54 Å². The molecule has 0 radical (unpaired) electrons. The molecule has 1 heterocycles. The van der Waals surface area contributed by atoms with Crippen LogP contribution in [0.1, 0.15) is 26.7 Å². The third kappa shape index (κ3) is 1.41. The van der Waals surface area contributed by atoms with Gasteiger partial charge < -0.3 is 15.5 Å². The summed E-state index contributed by atoms with van der Waals surface area (Å²) in [4.78, 5) is 0. The van der Waals surface area contributed by atoms with Crippen molar-refractivity contribution >= 4 is 0 Å². The van der Waals surface area contributed by atoms with Crippen LogP contribution in [0.15, 0.2) is 0 Å². The molecule has 3 nitrogen and oxygen atoms in total. The van der Waals surface area contributed by atoms with Crippen LogP contribution in [0.25, 0.3) is 0 Å². The second-order valence-electron chi connectivity index (χ2n) is 3.59. The molecule has 1 aliphatic heterocycles. The van der Waals surface area contributed by atoms with Crippen LogP contribution in [-0.2, 0) is 0 Å². The third-order valence-corrected chi connectivity index (χ3v) is 2.77. The Bertz CT molecular complexity index is 147. The number of nitrogens with one attached hydrogen (secondary N) is 1. The summed E-state index contributed by atoms with van der Waals surface area (Å²) < 4.78 is 0. The molecule has 1 saturated heterocycles. The molecule has 11 heavy (non-hydrogen) atoms. The molecule has 0 aromatic heterocycles. The van der Waals surface area contributed by atoms with Crippen molar-refractivity contribution < 1.29 is 10.2 Å². The average Bonchev–Trinajstić information content (AvgIpc) is 1.95. The number of piperidine rings is 1. The molecular formula is C8H17NO2. The van der Waals surface area contributed by atoms with Gasteiger partial charge in [-0.25, -0.2) is 0 Å². The van der Waals surface area contributed by atoms with E-state index in [9.17, 15) is 10.2 Å². The van der Waals surface area contributed by atoms with Gasteiger partial charge in [-0.1, -0.05) is 6.92 Å². The molecule has 0 aliphatic carbocycles. The molecule has 0 amide bonds. The Morgan fingerprint density at radius 3 is 2.45 bits per heavy atom. The number of aliphatic hydroxyl groups is 2. The van der Waals surface area contributed by atoms with Crippen molar-refractivity contribution in [1.29, 1.82) is 0 Å². The SMILES string of the molecule is CCC1(O)CCNCC1(C)O. The average molecular weight is 159 g/mol. The topological polar surface area (TPSA) is 52.5 Å². The van der Waals surface area contributed by atoms with Crippen LogP contribution in [0.5, 0.6) is 0 Å². The maximum atomic E-state index is 9.92. The second kappa shape index (κ2) is 2.73. The predicted molar refractivity (Wildman–Crippen MR) is 43.4 cm³/mol. The number of β-amino-alcohol motifs (C(OH)–C–C–N with tert-alkyl or cyclic N) is 1. The zero-order chi connectivity index (χ0) is 8.54. The summed E-state index contributed by atoms with van der Waals surface area (Å²) in [5.41, 5.74) is -1.86. The van der Waals surface area contributed by atoms with Crippen molar-refractivity contribution in [3.05, 3.63) is 0 Å². The molecule has 0 aromatic rings. The first-order chi connectivity index (χ1) is 5.02. The first-order valence-corrected chi connectivity index (χ1v) is 4.17. The van der Waals surface area contributed by atoms with Gasteiger partial charge in [-0.15, -0.1) is 0 Å². The first kappa shape index (κ1) is 8.97. The number of hydrogen-bond acceptors (Lipinski definition) is 3. The Morgan fingerprint density at radius 1 is 1.45 bits per heavy atom. The molecule has 66 valence electrons. The van der Waals surface area contributed by atoms with E-state index in [4.69, 9.17) is 0 Å². The Hall–Kier alpha value is -0.120. The highest BCUT2D eigenvalue weighted by molar-refractivity contribution is 5.00. The lowest BCUT2D eigenvalue weighted by Crippen LogP contribution is -2.62. The zero-order valence-corrected chi connectivity index (χ0v) is 7.22. The fourth-order valence-corrected chi connectivity index (χ4v) is 1.62. The standard InChI is InChI=1S/C8H17NO2/c1-3-8(11)4-5-9-6-7(8,2)10/h9-11H,3-6H2,1-2H3. The van der Waals surface area contributed by atoms with E-state index in [0.29, 0.717) is 19.4 Å². The zero-order valence-electron chi connectivity index (χ0n) is 7.22. The first-order valence-electron chi connectivity index (χ1n) is 4.17. The van der Waals surface area contributed by atoms with Gasteiger partial charge in [0.05, 0.1) is 5.60 Å². The minimum absolute atomic E-state index is 0.483. The van der Waals surface area contributed by atoms with Crippen LogP contribution < -0.4 is 5.32 Å². The summed E-state index contributed by atoms with van der Waals surface area (Å²) >= 11 is 0. The summed E-state index contributed by atoms with van der Waals surface area (Å²) in [5, 5.41) is 22.8. The van der Waals surface area contributed by atoms with E-state index in [0.717, 1.165) is 6.54 Å². The van der Waals surface area contributed by atoms with Crippen LogP contribution in [0, 0.1) is 0 Å². The van der Waals surface area contributed by atoms with E-state index >= 15 is 0 Å². The summed E-state index contributed by atoms with van der Waals surface area (Å²) in [7, 11) is 0. The van der Waals surface area contributed by atoms with Crippen LogP contribution in [-0.4, -0.2) is 34.5 Å². The Kier molecular flexibility index (Phi) is 2.23. The smallest absolute Gasteiger partial charge is 0.103 e. The summed E-state index contributed by atoms with van der Waals surface area (Å²) in [5.74, 6) is 0. The lowest BCUT2D eigenvalue weighted by atomic mass is 9.77. The number of rotatable bonds is 1. The monoisotopic (exact) mass is 159 g/mol. The van der Waals surface area contributed by atoms with E-state index in [-0.39, 0.29) is 0 Å². The molecule has 3 heteroatoms. The van der Waals surface area contributed by atoms with E-state index in [1.54, 1.807) is 6.92 Å². The summed E-state index contributed by atoms with van der Waals surface area (Å²) in [6.07, 6.45) is 1.25. The molecule has 0 aromatic carbocycles. The van der Waals surface area contributed by atoms with Crippen molar-refractivity contribution in [1.82, 2.24) is 5.32 Å². The predicted octanol–water partition coefficient (Wildman–Crippen LogP) is -0.128. The van der Waals surface area contributed by atoms with Gasteiger partial charge in [-0.3, -0.25) is 0 Å². The summed E-state index contributed by atoms with van der Waals surface area (Å²) in [6, 6.07) is 0. The molecule has 2 unspecified atom stereocenters. The third-order valence-electron chi connectivity index (χ3n) is 2.77. The van der Waals surface area contributed by atoms with Gasteiger partial charge in [-0.05, 0) is 26.3 Å². The molecule has 1 rings (SSSR count). The van der Waals surface area contributed by atoms with Crippen molar-refractivity contribution in [3.63, 3.8) is 0 Å². The quantitative estimate of drug-likeness (QED) is 0.499. The molecule has 3 N–H and O–H groups in total. The van der Waals surface area contributed by atoms with Gasteiger partial charge in [0.2, 0.25) is 0 Å². The van der Waals surface area contributed by atoms with Crippen molar-refractivity contribution in [2.24, 2.45) is 0 Å². The molecule has 0 spiro atoms. The van der Waals surface area contributed by atoms with Gasteiger partial charge >= 0.3 is 0 Å². The van der Waals surface area contributed by atoms with Crippen molar-refractivity contribution in [2.45, 2.75) is 37.9 Å². The van der Waals surface area contributed by atoms with Crippen molar-refractivity contribution in [3.8, 4) is 0 Å². The minimum Gasteiger partial charge on any atom is -0.387 e. The Morgan fingerprint density at radius 2 is 2.09 bits per heavy atom. The molecule has 0 bridgehead atoms. The lowest BCUT2D eigenvalue weighted by molar-refractivity contribution is -0.157. The molecule has 1 fully saturated rings. The lowest BCUT2D eigenvalue weighted by Gasteiger charge is -2.44. The fraction of sp³-hybridized carbons (Fsp3) is 1.00. The molecular weight excluding hydrogens is 142 g/mol. The maximum absolute atomic E-state index is 9.92. The van der Waals surface area contributed by atoms with Crippen LogP contribution in [0.2, 0.25) is 0 Å². The normalized spacial score (nSPS) is 45.8. The summed E-state index contributed by atoms with van der Waals surface area (Å²) in [6.45, 7) is 4.86. The van der Waals surface area contributed by atoms with Crippen LogP contribution in [0.3, 0.4) is 0 Å². The van der Waals surface area contributed by atoms with Gasteiger partial charge in [0.1, 0.15) is 5.60 Å². The minimum atomic E-state index is -0.972. The highest BCUT2D eigenvalue weighted by Gasteiger charge is 2.45. The number of hydrogen-bond donors (Lipinski definition) is 3. The highest BCUT2D eigenvalue weighted by atomic mass is 16.4.